The van der Waals surface area contributed by atoms with Crippen LogP contribution in [0, 0.1) is 0 Å². The van der Waals surface area contributed by atoms with Crippen LogP contribution in [0.4, 0.5) is 0 Å². The Morgan fingerprint density at radius 3 is 2.65 bits per heavy atom. The second-order valence-corrected chi connectivity index (χ2v) is 8.72. The summed E-state index contributed by atoms with van der Waals surface area (Å²) in [5.41, 5.74) is 4.00. The molecule has 2 aromatic heterocycles. The topological polar surface area (TPSA) is 89.3 Å². The number of aliphatic hydroxyl groups is 1. The van der Waals surface area contributed by atoms with Crippen molar-refractivity contribution in [2.75, 3.05) is 13.1 Å². The van der Waals surface area contributed by atoms with Crippen LogP contribution in [0.15, 0.2) is 60.9 Å². The van der Waals surface area contributed by atoms with Crippen LogP contribution in [-0.2, 0) is 20.1 Å². The lowest BCUT2D eigenvalue weighted by atomic mass is 10.0. The fraction of sp³-hybridized carbons (Fsp3) is 0.296. The van der Waals surface area contributed by atoms with E-state index in [0.717, 1.165) is 65.0 Å². The maximum absolute atomic E-state index is 12.9. The molecule has 174 valence electrons. The SMILES string of the molecule is Cn1ncc(-c2ccc3cnc(CC(=O)c4ccc(OC5CCNCC5)cc4)cc3c2)c1CO. The lowest BCUT2D eigenvalue weighted by Gasteiger charge is -2.23. The second kappa shape index (κ2) is 9.75. The van der Waals surface area contributed by atoms with Crippen molar-refractivity contribution >= 4 is 16.6 Å². The average molecular weight is 457 g/mol. The van der Waals surface area contributed by atoms with E-state index in [1.807, 2.05) is 55.6 Å². The number of fused-ring (bicyclic) bond motifs is 1. The van der Waals surface area contributed by atoms with Gasteiger partial charge in [0.25, 0.3) is 0 Å². The number of nitrogens with zero attached hydrogens (tertiary/aromatic N) is 3. The largest absolute Gasteiger partial charge is 0.490 e. The zero-order valence-electron chi connectivity index (χ0n) is 19.2. The highest BCUT2D eigenvalue weighted by atomic mass is 16.5. The zero-order chi connectivity index (χ0) is 23.5. The van der Waals surface area contributed by atoms with E-state index in [-0.39, 0.29) is 24.9 Å². The van der Waals surface area contributed by atoms with Gasteiger partial charge in [-0.05, 0) is 73.3 Å². The van der Waals surface area contributed by atoms with Crippen molar-refractivity contribution in [3.05, 3.63) is 77.9 Å². The highest BCUT2D eigenvalue weighted by Crippen LogP contribution is 2.27. The predicted octanol–water partition coefficient (Wildman–Crippen LogP) is 3.68. The normalized spacial score (nSPS) is 14.4. The number of ether oxygens (including phenoxy) is 1. The van der Waals surface area contributed by atoms with Crippen molar-refractivity contribution in [3.8, 4) is 16.9 Å². The van der Waals surface area contributed by atoms with Crippen molar-refractivity contribution in [1.29, 1.82) is 0 Å². The Balaban J connectivity index is 1.31. The minimum absolute atomic E-state index is 0.0197. The van der Waals surface area contributed by atoms with Gasteiger partial charge in [0.1, 0.15) is 11.9 Å². The number of carbonyl (C=O) groups excluding carboxylic acids is 1. The molecule has 1 fully saturated rings. The van der Waals surface area contributed by atoms with Gasteiger partial charge in [0.05, 0.1) is 24.9 Å². The molecule has 4 aromatic rings. The molecule has 7 heteroatoms. The number of nitrogens with one attached hydrogen (secondary N) is 1. The first-order valence-corrected chi connectivity index (χ1v) is 11.6. The van der Waals surface area contributed by atoms with E-state index >= 15 is 0 Å². The van der Waals surface area contributed by atoms with Gasteiger partial charge in [0, 0.05) is 35.5 Å². The quantitative estimate of drug-likeness (QED) is 0.413. The molecule has 2 aromatic carbocycles. The van der Waals surface area contributed by atoms with Gasteiger partial charge in [0.2, 0.25) is 0 Å². The standard InChI is InChI=1S/C27H28N4O3/c1-31-26(17-32)25(16-30-31)19-2-3-20-15-29-22(13-21(20)12-19)14-27(33)18-4-6-23(7-5-18)34-24-8-10-28-11-9-24/h2-7,12-13,15-16,24,28,32H,8-11,14,17H2,1H3. The van der Waals surface area contributed by atoms with E-state index in [1.54, 1.807) is 17.1 Å². The summed E-state index contributed by atoms with van der Waals surface area (Å²) in [5.74, 6) is 0.823. The fourth-order valence-corrected chi connectivity index (χ4v) is 4.43. The van der Waals surface area contributed by atoms with Gasteiger partial charge in [-0.25, -0.2) is 0 Å². The van der Waals surface area contributed by atoms with Crippen molar-refractivity contribution < 1.29 is 14.6 Å². The predicted molar refractivity (Wildman–Crippen MR) is 131 cm³/mol. The molecule has 7 nitrogen and oxygen atoms in total. The van der Waals surface area contributed by atoms with E-state index in [9.17, 15) is 9.90 Å². The smallest absolute Gasteiger partial charge is 0.168 e. The molecule has 34 heavy (non-hydrogen) atoms. The van der Waals surface area contributed by atoms with Gasteiger partial charge < -0.3 is 15.2 Å². The fourth-order valence-electron chi connectivity index (χ4n) is 4.43. The monoisotopic (exact) mass is 456 g/mol. The molecule has 1 aliphatic heterocycles. The number of aliphatic hydroxyl groups excluding tert-OH is 1. The van der Waals surface area contributed by atoms with Crippen LogP contribution in [0.2, 0.25) is 0 Å². The second-order valence-electron chi connectivity index (χ2n) is 8.72. The number of benzene rings is 2. The van der Waals surface area contributed by atoms with Crippen LogP contribution in [-0.4, -0.2) is 44.8 Å². The summed E-state index contributed by atoms with van der Waals surface area (Å²) in [7, 11) is 1.82. The molecule has 5 rings (SSSR count). The van der Waals surface area contributed by atoms with E-state index in [0.29, 0.717) is 5.56 Å². The molecule has 0 atom stereocenters. The third-order valence-electron chi connectivity index (χ3n) is 6.41. The number of Topliss-reactive ketones (excluding diaryl/α,β-unsaturated/α-hetero) is 1. The van der Waals surface area contributed by atoms with Gasteiger partial charge >= 0.3 is 0 Å². The summed E-state index contributed by atoms with van der Waals surface area (Å²) in [6, 6.07) is 15.4. The minimum atomic E-state index is -0.0817. The number of aryl methyl sites for hydroxylation is 1. The number of aromatic nitrogens is 3. The Labute approximate surface area is 198 Å². The first kappa shape index (κ1) is 22.3. The maximum Gasteiger partial charge on any atom is 0.168 e. The number of piperidine rings is 1. The number of hydrogen-bond acceptors (Lipinski definition) is 6. The number of carbonyl (C=O) groups is 1. The molecule has 0 bridgehead atoms. The van der Waals surface area contributed by atoms with Crippen LogP contribution in [0.5, 0.6) is 5.75 Å². The van der Waals surface area contributed by atoms with Crippen LogP contribution < -0.4 is 10.1 Å². The summed E-state index contributed by atoms with van der Waals surface area (Å²) in [4.78, 5) is 17.4. The number of pyridine rings is 1. The number of ketones is 1. The van der Waals surface area contributed by atoms with E-state index in [2.05, 4.69) is 15.4 Å². The van der Waals surface area contributed by atoms with Crippen LogP contribution in [0.25, 0.3) is 21.9 Å². The Bertz CT molecular complexity index is 1310. The van der Waals surface area contributed by atoms with Gasteiger partial charge in [-0.3, -0.25) is 14.5 Å². The third-order valence-corrected chi connectivity index (χ3v) is 6.41. The minimum Gasteiger partial charge on any atom is -0.490 e. The molecular weight excluding hydrogens is 428 g/mol. The van der Waals surface area contributed by atoms with Gasteiger partial charge in [-0.1, -0.05) is 12.1 Å². The van der Waals surface area contributed by atoms with Crippen molar-refractivity contribution in [2.45, 2.75) is 32.0 Å². The van der Waals surface area contributed by atoms with Gasteiger partial charge in [0.15, 0.2) is 5.78 Å². The zero-order valence-corrected chi connectivity index (χ0v) is 19.2. The Kier molecular flexibility index (Phi) is 6.38. The van der Waals surface area contributed by atoms with Crippen LogP contribution in [0.1, 0.15) is 34.6 Å². The van der Waals surface area contributed by atoms with E-state index in [1.165, 1.54) is 0 Å². The molecule has 0 radical (unpaired) electrons. The highest BCUT2D eigenvalue weighted by Gasteiger charge is 2.15. The molecule has 1 saturated heterocycles. The Hall–Kier alpha value is -3.55. The molecular formula is C27H28N4O3. The molecule has 0 unspecified atom stereocenters. The number of rotatable bonds is 7. The number of hydrogen-bond donors (Lipinski definition) is 2. The first-order chi connectivity index (χ1) is 16.6. The van der Waals surface area contributed by atoms with Crippen LogP contribution >= 0.6 is 0 Å². The van der Waals surface area contributed by atoms with E-state index < -0.39 is 0 Å². The van der Waals surface area contributed by atoms with Gasteiger partial charge in [-0.15, -0.1) is 0 Å². The summed E-state index contributed by atoms with van der Waals surface area (Å²) < 4.78 is 7.72. The molecule has 3 heterocycles. The molecule has 0 aliphatic carbocycles. The molecule has 0 amide bonds. The van der Waals surface area contributed by atoms with Crippen molar-refractivity contribution in [2.24, 2.45) is 7.05 Å². The Morgan fingerprint density at radius 1 is 1.09 bits per heavy atom. The lowest BCUT2D eigenvalue weighted by molar-refractivity contribution is 0.0992. The first-order valence-electron chi connectivity index (χ1n) is 11.6. The maximum atomic E-state index is 12.9. The van der Waals surface area contributed by atoms with Crippen molar-refractivity contribution in [3.63, 3.8) is 0 Å². The molecule has 2 N–H and O–H groups in total. The summed E-state index contributed by atoms with van der Waals surface area (Å²) >= 11 is 0. The third kappa shape index (κ3) is 4.71. The summed E-state index contributed by atoms with van der Waals surface area (Å²) in [6.45, 7) is 1.88. The van der Waals surface area contributed by atoms with Crippen LogP contribution in [0.3, 0.4) is 0 Å². The molecule has 1 aliphatic rings. The summed E-state index contributed by atoms with van der Waals surface area (Å²) in [5, 5.41) is 19.3. The van der Waals surface area contributed by atoms with Crippen molar-refractivity contribution in [1.82, 2.24) is 20.1 Å². The average Bonchev–Trinajstić information content (AvgIpc) is 3.25. The van der Waals surface area contributed by atoms with E-state index in [4.69, 9.17) is 4.74 Å². The molecule has 0 spiro atoms. The summed E-state index contributed by atoms with van der Waals surface area (Å²) in [6.07, 6.45) is 6.01. The highest BCUT2D eigenvalue weighted by molar-refractivity contribution is 5.98. The van der Waals surface area contributed by atoms with Gasteiger partial charge in [-0.2, -0.15) is 5.10 Å². The Morgan fingerprint density at radius 2 is 1.88 bits per heavy atom. The lowest BCUT2D eigenvalue weighted by Crippen LogP contribution is -2.34. The molecule has 0 saturated carbocycles.